The SMILES string of the molecule is COc1cc(C(=O)Nc2cc(NC(=O)c3cc(OC)c(C(=O)O)cc3O)cc(C(=O)O)c2)c(O)cc1C(=O)O. The molecule has 0 aliphatic rings. The monoisotopic (exact) mass is 540 g/mol. The lowest BCUT2D eigenvalue weighted by atomic mass is 10.1. The van der Waals surface area contributed by atoms with Gasteiger partial charge in [0, 0.05) is 11.4 Å². The average molecular weight is 540 g/mol. The fourth-order valence-electron chi connectivity index (χ4n) is 3.46. The highest BCUT2D eigenvalue weighted by molar-refractivity contribution is 6.10. The third kappa shape index (κ3) is 5.96. The molecule has 2 amide bonds. The summed E-state index contributed by atoms with van der Waals surface area (Å²) in [5.74, 6) is -8.00. The van der Waals surface area contributed by atoms with Crippen LogP contribution in [-0.2, 0) is 0 Å². The van der Waals surface area contributed by atoms with E-state index in [0.29, 0.717) is 0 Å². The number of phenols is 2. The standard InChI is InChI=1S/C25H20N2O12/c1-38-19-8-13(17(28)6-15(19)24(34)35)21(30)26-11-3-10(23(32)33)4-12(5-11)27-22(31)14-9-20(39-2)16(25(36)37)7-18(14)29/h3-9,28-29H,1-2H3,(H,26,30)(H,27,31)(H,32,33)(H,34,35)(H,36,37). The van der Waals surface area contributed by atoms with Gasteiger partial charge in [0.2, 0.25) is 0 Å². The molecule has 0 fully saturated rings. The molecular weight excluding hydrogens is 520 g/mol. The number of carboxylic acids is 3. The Morgan fingerprint density at radius 3 is 1.26 bits per heavy atom. The quantitative estimate of drug-likeness (QED) is 0.208. The molecular formula is C25H20N2O12. The Balaban J connectivity index is 1.95. The number of benzene rings is 3. The minimum Gasteiger partial charge on any atom is -0.507 e. The molecule has 0 aromatic heterocycles. The molecule has 14 heteroatoms. The maximum absolute atomic E-state index is 12.8. The smallest absolute Gasteiger partial charge is 0.339 e. The zero-order chi connectivity index (χ0) is 29.0. The van der Waals surface area contributed by atoms with Crippen molar-refractivity contribution in [2.75, 3.05) is 24.9 Å². The van der Waals surface area contributed by atoms with Crippen molar-refractivity contribution in [3.63, 3.8) is 0 Å². The lowest BCUT2D eigenvalue weighted by Crippen LogP contribution is -2.16. The second-order valence-corrected chi connectivity index (χ2v) is 7.76. The van der Waals surface area contributed by atoms with Crippen molar-refractivity contribution in [2.45, 2.75) is 0 Å². The molecule has 0 aliphatic carbocycles. The molecule has 0 saturated heterocycles. The van der Waals surface area contributed by atoms with Gasteiger partial charge in [0.1, 0.15) is 34.1 Å². The molecule has 3 aromatic carbocycles. The first-order chi connectivity index (χ1) is 18.4. The third-order valence-corrected chi connectivity index (χ3v) is 5.28. The van der Waals surface area contributed by atoms with E-state index in [9.17, 15) is 49.5 Å². The van der Waals surface area contributed by atoms with Crippen LogP contribution in [0.25, 0.3) is 0 Å². The van der Waals surface area contributed by atoms with Gasteiger partial charge in [-0.25, -0.2) is 14.4 Å². The number of carbonyl (C=O) groups is 5. The van der Waals surface area contributed by atoms with Gasteiger partial charge >= 0.3 is 17.9 Å². The lowest BCUT2D eigenvalue weighted by molar-refractivity contribution is 0.0681. The number of hydrogen-bond donors (Lipinski definition) is 7. The van der Waals surface area contributed by atoms with Crippen molar-refractivity contribution >= 4 is 41.1 Å². The molecule has 0 saturated carbocycles. The number of amides is 2. The Morgan fingerprint density at radius 1 is 0.564 bits per heavy atom. The van der Waals surface area contributed by atoms with Crippen molar-refractivity contribution in [1.29, 1.82) is 0 Å². The number of carboxylic acid groups (broad SMARTS) is 3. The van der Waals surface area contributed by atoms with Gasteiger partial charge in [-0.3, -0.25) is 9.59 Å². The molecule has 3 aromatic rings. The van der Waals surface area contributed by atoms with Crippen molar-refractivity contribution in [3.8, 4) is 23.0 Å². The van der Waals surface area contributed by atoms with Crippen LogP contribution < -0.4 is 20.1 Å². The molecule has 14 nitrogen and oxygen atoms in total. The number of aromatic hydroxyl groups is 2. The van der Waals surface area contributed by atoms with E-state index in [1.54, 1.807) is 0 Å². The Hall–Kier alpha value is -5.79. The van der Waals surface area contributed by atoms with E-state index in [-0.39, 0.29) is 28.4 Å². The Morgan fingerprint density at radius 2 is 0.949 bits per heavy atom. The summed E-state index contributed by atoms with van der Waals surface area (Å²) in [5.41, 5.74) is -2.23. The van der Waals surface area contributed by atoms with Crippen LogP contribution in [0.15, 0.2) is 42.5 Å². The van der Waals surface area contributed by atoms with E-state index in [1.165, 1.54) is 6.07 Å². The summed E-state index contributed by atoms with van der Waals surface area (Å²) in [6.07, 6.45) is 0. The van der Waals surface area contributed by atoms with Crippen molar-refractivity contribution in [2.24, 2.45) is 0 Å². The van der Waals surface area contributed by atoms with Crippen LogP contribution >= 0.6 is 0 Å². The number of ether oxygens (including phenoxy) is 2. The van der Waals surface area contributed by atoms with Gasteiger partial charge in [0.15, 0.2) is 0 Å². The molecule has 0 radical (unpaired) electrons. The summed E-state index contributed by atoms with van der Waals surface area (Å²) < 4.78 is 9.89. The first kappa shape index (κ1) is 27.8. The molecule has 3 rings (SSSR count). The fourth-order valence-corrected chi connectivity index (χ4v) is 3.46. The highest BCUT2D eigenvalue weighted by Gasteiger charge is 2.22. The Labute approximate surface area is 218 Å². The van der Waals surface area contributed by atoms with E-state index < -0.39 is 63.5 Å². The summed E-state index contributed by atoms with van der Waals surface area (Å²) >= 11 is 0. The molecule has 0 aliphatic heterocycles. The van der Waals surface area contributed by atoms with Crippen molar-refractivity contribution in [1.82, 2.24) is 0 Å². The van der Waals surface area contributed by atoms with Crippen LogP contribution in [0, 0.1) is 0 Å². The second kappa shape index (κ2) is 11.1. The van der Waals surface area contributed by atoms with Gasteiger partial charge in [0.25, 0.3) is 11.8 Å². The number of rotatable bonds is 9. The molecule has 0 spiro atoms. The Bertz CT molecular complexity index is 1430. The highest BCUT2D eigenvalue weighted by Crippen LogP contribution is 2.31. The predicted molar refractivity (Wildman–Crippen MR) is 133 cm³/mol. The second-order valence-electron chi connectivity index (χ2n) is 7.76. The van der Waals surface area contributed by atoms with Crippen LogP contribution in [0.2, 0.25) is 0 Å². The van der Waals surface area contributed by atoms with E-state index >= 15 is 0 Å². The van der Waals surface area contributed by atoms with Gasteiger partial charge < -0.3 is 45.6 Å². The number of carbonyl (C=O) groups excluding carboxylic acids is 2. The summed E-state index contributed by atoms with van der Waals surface area (Å²) in [7, 11) is 2.32. The van der Waals surface area contributed by atoms with Crippen molar-refractivity contribution in [3.05, 3.63) is 70.3 Å². The van der Waals surface area contributed by atoms with E-state index in [0.717, 1.165) is 50.6 Å². The van der Waals surface area contributed by atoms with Crippen LogP contribution in [0.4, 0.5) is 11.4 Å². The number of anilines is 2. The fraction of sp³-hybridized carbons (Fsp3) is 0.0800. The first-order valence-corrected chi connectivity index (χ1v) is 10.7. The molecule has 202 valence electrons. The number of aromatic carboxylic acids is 3. The minimum atomic E-state index is -1.42. The molecule has 0 bridgehead atoms. The average Bonchev–Trinajstić information content (AvgIpc) is 2.87. The highest BCUT2D eigenvalue weighted by atomic mass is 16.5. The number of methoxy groups -OCH3 is 2. The van der Waals surface area contributed by atoms with Crippen LogP contribution in [0.1, 0.15) is 51.8 Å². The van der Waals surface area contributed by atoms with Gasteiger partial charge in [-0.1, -0.05) is 0 Å². The maximum atomic E-state index is 12.8. The zero-order valence-electron chi connectivity index (χ0n) is 20.1. The maximum Gasteiger partial charge on any atom is 0.339 e. The molecule has 0 atom stereocenters. The van der Waals surface area contributed by atoms with Crippen LogP contribution in [-0.4, -0.2) is 69.5 Å². The summed E-state index contributed by atoms with van der Waals surface area (Å²) in [5, 5.41) is 52.9. The molecule has 0 heterocycles. The molecule has 7 N–H and O–H groups in total. The summed E-state index contributed by atoms with van der Waals surface area (Å²) in [4.78, 5) is 59.9. The normalized spacial score (nSPS) is 10.3. The lowest BCUT2D eigenvalue weighted by Gasteiger charge is -2.14. The Kier molecular flexibility index (Phi) is 7.90. The van der Waals surface area contributed by atoms with Crippen molar-refractivity contribution < 1.29 is 59.0 Å². The number of phenolic OH excluding ortho intramolecular Hbond substituents is 2. The third-order valence-electron chi connectivity index (χ3n) is 5.28. The molecule has 0 unspecified atom stereocenters. The molecule has 39 heavy (non-hydrogen) atoms. The van der Waals surface area contributed by atoms with Gasteiger partial charge in [-0.05, 0) is 42.5 Å². The summed E-state index contributed by atoms with van der Waals surface area (Å²) in [6, 6.07) is 6.86. The van der Waals surface area contributed by atoms with Crippen LogP contribution in [0.5, 0.6) is 23.0 Å². The van der Waals surface area contributed by atoms with E-state index in [2.05, 4.69) is 10.6 Å². The van der Waals surface area contributed by atoms with E-state index in [4.69, 9.17) is 9.47 Å². The first-order valence-electron chi connectivity index (χ1n) is 10.7. The van der Waals surface area contributed by atoms with Gasteiger partial charge in [0.05, 0.1) is 30.9 Å². The summed E-state index contributed by atoms with van der Waals surface area (Å²) in [6.45, 7) is 0. The number of nitrogens with one attached hydrogen (secondary N) is 2. The predicted octanol–water partition coefficient (Wildman–Crippen LogP) is 2.71. The van der Waals surface area contributed by atoms with Gasteiger partial charge in [-0.15, -0.1) is 0 Å². The topological polar surface area (TPSA) is 229 Å². The zero-order valence-corrected chi connectivity index (χ0v) is 20.1. The van der Waals surface area contributed by atoms with Gasteiger partial charge in [-0.2, -0.15) is 0 Å². The van der Waals surface area contributed by atoms with Crippen LogP contribution in [0.3, 0.4) is 0 Å². The van der Waals surface area contributed by atoms with E-state index in [1.807, 2.05) is 0 Å². The minimum absolute atomic E-state index is 0.140. The largest absolute Gasteiger partial charge is 0.507 e. The number of hydrogen-bond acceptors (Lipinski definition) is 9.